The van der Waals surface area contributed by atoms with Gasteiger partial charge in [-0.3, -0.25) is 14.2 Å². The molecule has 0 aliphatic carbocycles. The maximum Gasteiger partial charge on any atom is 0.277 e. The van der Waals surface area contributed by atoms with E-state index in [9.17, 15) is 9.59 Å². The molecule has 0 saturated carbocycles. The lowest BCUT2D eigenvalue weighted by Crippen LogP contribution is -2.37. The molecule has 220 valence electrons. The van der Waals surface area contributed by atoms with E-state index in [4.69, 9.17) is 11.1 Å². The Balaban J connectivity index is 0.000000385. The van der Waals surface area contributed by atoms with Gasteiger partial charge in [-0.05, 0) is 56.9 Å². The highest BCUT2D eigenvalue weighted by Crippen LogP contribution is 2.27. The number of carbonyl (C=O) groups is 1. The number of nitrogens with two attached hydrogens (primary N) is 1. The summed E-state index contributed by atoms with van der Waals surface area (Å²) in [5.41, 5.74) is 8.47. The van der Waals surface area contributed by atoms with Gasteiger partial charge in [0.15, 0.2) is 0 Å². The maximum atomic E-state index is 13.2. The number of aromatic nitrogens is 3. The summed E-state index contributed by atoms with van der Waals surface area (Å²) in [6, 6.07) is 13.5. The van der Waals surface area contributed by atoms with Gasteiger partial charge in [0, 0.05) is 33.3 Å². The van der Waals surface area contributed by atoms with Crippen LogP contribution in [-0.2, 0) is 24.2 Å². The number of pyridine rings is 1. The molecule has 1 aliphatic rings. The summed E-state index contributed by atoms with van der Waals surface area (Å²) in [5.74, 6) is 0.865. The second-order valence-corrected chi connectivity index (χ2v) is 11.5. The van der Waals surface area contributed by atoms with Gasteiger partial charge in [-0.1, -0.05) is 49.8 Å². The molecule has 0 radical (unpaired) electrons. The van der Waals surface area contributed by atoms with Gasteiger partial charge in [-0.15, -0.1) is 11.3 Å². The summed E-state index contributed by atoms with van der Waals surface area (Å²) in [5, 5.41) is 15.0. The van der Waals surface area contributed by atoms with E-state index >= 15 is 0 Å². The Labute approximate surface area is 250 Å². The van der Waals surface area contributed by atoms with Gasteiger partial charge in [-0.25, -0.2) is 9.97 Å². The van der Waals surface area contributed by atoms with Crippen LogP contribution in [0.1, 0.15) is 62.8 Å². The van der Waals surface area contributed by atoms with Gasteiger partial charge >= 0.3 is 0 Å². The molecule has 0 saturated heterocycles. The van der Waals surface area contributed by atoms with Gasteiger partial charge in [-0.2, -0.15) is 0 Å². The molecule has 1 amide bonds. The third kappa shape index (κ3) is 7.30. The van der Waals surface area contributed by atoms with E-state index in [2.05, 4.69) is 57.9 Å². The number of allylic oxidation sites excluding steroid dienone is 1. The number of fused-ring (bicyclic) bond motifs is 2. The van der Waals surface area contributed by atoms with Crippen LogP contribution in [-0.4, -0.2) is 32.2 Å². The zero-order valence-electron chi connectivity index (χ0n) is 24.6. The molecule has 42 heavy (non-hydrogen) atoms. The van der Waals surface area contributed by atoms with E-state index in [1.54, 1.807) is 24.5 Å². The van der Waals surface area contributed by atoms with Crippen molar-refractivity contribution >= 4 is 44.5 Å². The average Bonchev–Trinajstić information content (AvgIpc) is 3.59. The average molecular weight is 586 g/mol. The van der Waals surface area contributed by atoms with Gasteiger partial charge in [0.1, 0.15) is 23.4 Å². The van der Waals surface area contributed by atoms with Crippen LogP contribution >= 0.6 is 11.3 Å². The monoisotopic (exact) mass is 585 g/mol. The van der Waals surface area contributed by atoms with Crippen LogP contribution in [0.2, 0.25) is 0 Å². The molecule has 2 unspecified atom stereocenters. The number of hydrogen-bond acceptors (Lipinski definition) is 8. The lowest BCUT2D eigenvalue weighted by molar-refractivity contribution is -0.124. The van der Waals surface area contributed by atoms with E-state index < -0.39 is 6.04 Å². The number of amides is 1. The minimum absolute atomic E-state index is 0.206. The van der Waals surface area contributed by atoms with Crippen LogP contribution < -0.4 is 21.9 Å². The highest BCUT2D eigenvalue weighted by atomic mass is 32.1. The van der Waals surface area contributed by atoms with E-state index in [0.717, 1.165) is 20.5 Å². The van der Waals surface area contributed by atoms with Crippen LogP contribution in [0.3, 0.4) is 0 Å². The molecule has 0 fully saturated rings. The summed E-state index contributed by atoms with van der Waals surface area (Å²) < 4.78 is 2.51. The molecule has 5 N–H and O–H groups in total. The molecule has 0 bridgehead atoms. The standard InChI is InChI=1S/C23H27N7O2S.C9H12/c1-4-16(12(2)24)13(3)29-17-11-27-21-6-5-18(30(21)23(17)32)22(31)28-10-15-7-14-9-26-20(25)8-19(14)33-15;1-2-6-9-7-4-3-5-8-9/h4,7-9,11,13,18,24,29H,5-6,10H2,1-3H3,(H2,25,26)(H,28,31);3-5,7-8H,2,6H2,1H3/b16-4+,24-12?;. The second kappa shape index (κ2) is 14.0. The predicted molar refractivity (Wildman–Crippen MR) is 172 cm³/mol. The number of benzene rings is 1. The van der Waals surface area contributed by atoms with Crippen molar-refractivity contribution in [2.45, 2.75) is 72.0 Å². The van der Waals surface area contributed by atoms with E-state index in [0.29, 0.717) is 42.4 Å². The predicted octanol–water partition coefficient (Wildman–Crippen LogP) is 5.66. The molecular formula is C32H39N7O2S. The van der Waals surface area contributed by atoms with E-state index in [1.807, 2.05) is 32.1 Å². The topological polar surface area (TPSA) is 139 Å². The van der Waals surface area contributed by atoms with Crippen molar-refractivity contribution in [2.75, 3.05) is 11.1 Å². The lowest BCUT2D eigenvalue weighted by Gasteiger charge is -2.19. The molecule has 1 aromatic carbocycles. The Hall–Kier alpha value is -4.31. The summed E-state index contributed by atoms with van der Waals surface area (Å²) in [7, 11) is 0. The molecule has 4 aromatic rings. The number of aryl methyl sites for hydroxylation is 2. The smallest absolute Gasteiger partial charge is 0.277 e. The van der Waals surface area contributed by atoms with Crippen molar-refractivity contribution < 1.29 is 4.79 Å². The summed E-state index contributed by atoms with van der Waals surface area (Å²) in [4.78, 5) is 35.7. The first-order valence-corrected chi connectivity index (χ1v) is 15.1. The Morgan fingerprint density at radius 1 is 1.24 bits per heavy atom. The highest BCUT2D eigenvalue weighted by Gasteiger charge is 2.31. The largest absolute Gasteiger partial charge is 0.384 e. The summed E-state index contributed by atoms with van der Waals surface area (Å²) in [6.45, 7) is 8.03. The van der Waals surface area contributed by atoms with Crippen molar-refractivity contribution in [3.05, 3.63) is 93.1 Å². The highest BCUT2D eigenvalue weighted by molar-refractivity contribution is 7.19. The van der Waals surface area contributed by atoms with Crippen LogP contribution in [0.25, 0.3) is 10.1 Å². The van der Waals surface area contributed by atoms with E-state index in [-0.39, 0.29) is 17.5 Å². The number of nitrogens with one attached hydrogen (secondary N) is 3. The van der Waals surface area contributed by atoms with Gasteiger partial charge in [0.05, 0.1) is 18.8 Å². The number of anilines is 2. The fourth-order valence-electron chi connectivity index (χ4n) is 5.17. The van der Waals surface area contributed by atoms with Gasteiger partial charge in [0.25, 0.3) is 5.56 Å². The molecule has 5 rings (SSSR count). The third-order valence-corrected chi connectivity index (χ3v) is 8.30. The Bertz CT molecular complexity index is 1640. The molecule has 2 atom stereocenters. The zero-order chi connectivity index (χ0) is 30.2. The first-order valence-electron chi connectivity index (χ1n) is 14.3. The van der Waals surface area contributed by atoms with Crippen LogP contribution in [0.15, 0.2) is 71.3 Å². The van der Waals surface area contributed by atoms with E-state index in [1.165, 1.54) is 29.2 Å². The molecular weight excluding hydrogens is 546 g/mol. The molecule has 10 heteroatoms. The molecule has 1 aliphatic heterocycles. The van der Waals surface area contributed by atoms with Crippen molar-refractivity contribution in [3.63, 3.8) is 0 Å². The van der Waals surface area contributed by atoms with Gasteiger partial charge in [0.2, 0.25) is 5.91 Å². The summed E-state index contributed by atoms with van der Waals surface area (Å²) >= 11 is 1.55. The minimum atomic E-state index is -0.602. The Morgan fingerprint density at radius 2 is 2.00 bits per heavy atom. The number of nitrogen functional groups attached to an aromatic ring is 1. The number of carbonyl (C=O) groups excluding carboxylic acids is 1. The molecule has 4 heterocycles. The lowest BCUT2D eigenvalue weighted by atomic mass is 10.0. The SMILES string of the molecule is C/C=C(\C(C)=N)C(C)Nc1cnc2n(c1=O)C(C(=O)NCc1cc3cnc(N)cc3s1)CC2.CCCc1ccccc1. The maximum absolute atomic E-state index is 13.2. The fraction of sp³-hybridized carbons (Fsp3) is 0.344. The van der Waals surface area contributed by atoms with Crippen molar-refractivity contribution in [2.24, 2.45) is 0 Å². The molecule has 3 aromatic heterocycles. The number of hydrogen-bond donors (Lipinski definition) is 4. The number of rotatable bonds is 9. The first-order chi connectivity index (χ1) is 20.2. The normalized spacial score (nSPS) is 15.0. The summed E-state index contributed by atoms with van der Waals surface area (Å²) in [6.07, 6.45) is 8.64. The quantitative estimate of drug-likeness (QED) is 0.187. The number of thiophene rings is 1. The zero-order valence-corrected chi connectivity index (χ0v) is 25.4. The molecule has 0 spiro atoms. The first kappa shape index (κ1) is 30.6. The van der Waals surface area contributed by atoms with Crippen molar-refractivity contribution in [1.82, 2.24) is 19.9 Å². The fourth-order valence-corrected chi connectivity index (χ4v) is 6.19. The van der Waals surface area contributed by atoms with Crippen molar-refractivity contribution in [1.29, 1.82) is 5.41 Å². The van der Waals surface area contributed by atoms with Gasteiger partial charge < -0.3 is 21.8 Å². The Morgan fingerprint density at radius 3 is 2.69 bits per heavy atom. The second-order valence-electron chi connectivity index (χ2n) is 10.4. The van der Waals surface area contributed by atoms with Crippen LogP contribution in [0, 0.1) is 5.41 Å². The van der Waals surface area contributed by atoms with Crippen LogP contribution in [0.4, 0.5) is 11.5 Å². The number of nitrogens with zero attached hydrogens (tertiary/aromatic N) is 3. The van der Waals surface area contributed by atoms with Crippen LogP contribution in [0.5, 0.6) is 0 Å². The molecule has 9 nitrogen and oxygen atoms in total. The third-order valence-electron chi connectivity index (χ3n) is 7.20. The minimum Gasteiger partial charge on any atom is -0.384 e. The van der Waals surface area contributed by atoms with Crippen molar-refractivity contribution in [3.8, 4) is 0 Å². The Kier molecular flexibility index (Phi) is 10.2.